The second-order valence-corrected chi connectivity index (χ2v) is 3.22. The van der Waals surface area contributed by atoms with Crippen LogP contribution in [0.5, 0.6) is 0 Å². The van der Waals surface area contributed by atoms with Gasteiger partial charge in [0.1, 0.15) is 12.0 Å². The van der Waals surface area contributed by atoms with Crippen molar-refractivity contribution < 1.29 is 9.84 Å². The molecule has 1 aliphatic heterocycles. The van der Waals surface area contributed by atoms with Gasteiger partial charge in [-0.25, -0.2) is 4.79 Å². The van der Waals surface area contributed by atoms with E-state index in [-0.39, 0.29) is 63.8 Å². The van der Waals surface area contributed by atoms with Gasteiger partial charge in [-0.2, -0.15) is 4.98 Å². The monoisotopic (exact) mass is 236 g/mol. The number of rotatable bonds is 1. The summed E-state index contributed by atoms with van der Waals surface area (Å²) in [5.74, 6) is 0.185. The molecule has 7 heteroatoms. The first-order valence-electron chi connectivity index (χ1n) is 4.31. The molecule has 0 spiro atoms. The average molecular weight is 236 g/mol. The number of anilines is 1. The minimum atomic E-state index is -0.510. The molecule has 2 heterocycles. The Morgan fingerprint density at radius 3 is 2.93 bits per heavy atom. The van der Waals surface area contributed by atoms with E-state index >= 15 is 0 Å². The predicted octanol–water partition coefficient (Wildman–Crippen LogP) is -1.28. The van der Waals surface area contributed by atoms with Crippen molar-refractivity contribution in [3.63, 3.8) is 0 Å². The van der Waals surface area contributed by atoms with Crippen molar-refractivity contribution >= 4 is 57.2 Å². The Kier molecular flexibility index (Phi) is 4.90. The van der Waals surface area contributed by atoms with Gasteiger partial charge in [0.15, 0.2) is 0 Å². The molecule has 0 unspecified atom stereocenters. The van der Waals surface area contributed by atoms with E-state index in [9.17, 15) is 9.90 Å². The van der Waals surface area contributed by atoms with Crippen molar-refractivity contribution in [1.82, 2.24) is 9.55 Å². The molecule has 0 bridgehead atoms. The van der Waals surface area contributed by atoms with E-state index in [2.05, 4.69) is 4.98 Å². The van der Waals surface area contributed by atoms with Gasteiger partial charge < -0.3 is 15.6 Å². The van der Waals surface area contributed by atoms with Crippen LogP contribution in [0.15, 0.2) is 17.1 Å². The Bertz CT molecular complexity index is 395. The molecule has 1 saturated heterocycles. The molecule has 0 aliphatic carbocycles. The molecular weight excluding hydrogens is 225 g/mol. The zero-order valence-electron chi connectivity index (χ0n) is 8.46. The van der Waals surface area contributed by atoms with Crippen LogP contribution in [-0.2, 0) is 4.74 Å². The molecule has 1 aliphatic rings. The molecule has 1 aromatic heterocycles. The van der Waals surface area contributed by atoms with Gasteiger partial charge >= 0.3 is 5.69 Å². The SMILES string of the molecule is Nc1ccn([C@H]2C[C@H](O)CO2)c(=O)n1.[K]. The summed E-state index contributed by atoms with van der Waals surface area (Å²) < 4.78 is 6.53. The van der Waals surface area contributed by atoms with E-state index in [1.54, 1.807) is 0 Å². The molecule has 2 atom stereocenters. The molecule has 1 fully saturated rings. The average Bonchev–Trinajstić information content (AvgIpc) is 2.51. The van der Waals surface area contributed by atoms with E-state index in [1.807, 2.05) is 0 Å². The number of nitrogens with two attached hydrogens (primary N) is 1. The molecule has 0 aromatic carbocycles. The molecule has 1 radical (unpaired) electrons. The second-order valence-electron chi connectivity index (χ2n) is 3.22. The van der Waals surface area contributed by atoms with Gasteiger partial charge in [0, 0.05) is 64.0 Å². The summed E-state index contributed by atoms with van der Waals surface area (Å²) >= 11 is 0. The fourth-order valence-corrected chi connectivity index (χ4v) is 1.43. The first-order valence-corrected chi connectivity index (χ1v) is 4.31. The predicted molar refractivity (Wildman–Crippen MR) is 54.3 cm³/mol. The Morgan fingerprint density at radius 2 is 2.40 bits per heavy atom. The Hall–Kier alpha value is 0.236. The number of hydrogen-bond donors (Lipinski definition) is 2. The summed E-state index contributed by atoms with van der Waals surface area (Å²) in [6.45, 7) is 0.251. The molecule has 15 heavy (non-hydrogen) atoms. The van der Waals surface area contributed by atoms with Gasteiger partial charge in [-0.3, -0.25) is 4.57 Å². The fourth-order valence-electron chi connectivity index (χ4n) is 1.43. The maximum Gasteiger partial charge on any atom is 0.351 e. The van der Waals surface area contributed by atoms with Gasteiger partial charge in [-0.05, 0) is 6.07 Å². The second kappa shape index (κ2) is 5.53. The maximum atomic E-state index is 11.3. The van der Waals surface area contributed by atoms with Crippen LogP contribution < -0.4 is 11.4 Å². The van der Waals surface area contributed by atoms with E-state index in [1.165, 1.54) is 16.8 Å². The number of aliphatic hydroxyl groups is 1. The van der Waals surface area contributed by atoms with Gasteiger partial charge in [0.25, 0.3) is 0 Å². The summed E-state index contributed by atoms with van der Waals surface area (Å²) in [4.78, 5) is 14.9. The zero-order valence-corrected chi connectivity index (χ0v) is 11.6. The molecule has 77 valence electrons. The summed E-state index contributed by atoms with van der Waals surface area (Å²) in [7, 11) is 0. The third-order valence-electron chi connectivity index (χ3n) is 2.12. The molecule has 6 nitrogen and oxygen atoms in total. The maximum absolute atomic E-state index is 11.3. The van der Waals surface area contributed by atoms with Crippen molar-refractivity contribution in [3.8, 4) is 0 Å². The first-order chi connectivity index (χ1) is 6.66. The number of aromatic nitrogens is 2. The van der Waals surface area contributed by atoms with E-state index < -0.39 is 18.0 Å². The molecule has 2 rings (SSSR count). The Balaban J connectivity index is 0.00000112. The van der Waals surface area contributed by atoms with Gasteiger partial charge in [0.2, 0.25) is 0 Å². The summed E-state index contributed by atoms with van der Waals surface area (Å²) in [5.41, 5.74) is 4.88. The fraction of sp³-hybridized carbons (Fsp3) is 0.500. The number of hydrogen-bond acceptors (Lipinski definition) is 5. The zero-order chi connectivity index (χ0) is 10.1. The third kappa shape index (κ3) is 3.10. The van der Waals surface area contributed by atoms with Crippen molar-refractivity contribution in [3.05, 3.63) is 22.7 Å². The van der Waals surface area contributed by atoms with Crippen LogP contribution in [0.2, 0.25) is 0 Å². The smallest absolute Gasteiger partial charge is 0.351 e. The van der Waals surface area contributed by atoms with E-state index in [4.69, 9.17) is 10.5 Å². The number of ether oxygens (including phenoxy) is 1. The summed E-state index contributed by atoms with van der Waals surface area (Å²) in [6.07, 6.45) is 0.994. The molecular formula is C8H11KN3O3. The van der Waals surface area contributed by atoms with Crippen molar-refractivity contribution in [2.24, 2.45) is 0 Å². The van der Waals surface area contributed by atoms with Crippen LogP contribution in [0, 0.1) is 0 Å². The van der Waals surface area contributed by atoms with Crippen LogP contribution in [0.3, 0.4) is 0 Å². The van der Waals surface area contributed by atoms with Crippen LogP contribution in [0.25, 0.3) is 0 Å². The third-order valence-corrected chi connectivity index (χ3v) is 2.12. The van der Waals surface area contributed by atoms with Gasteiger partial charge in [0.05, 0.1) is 12.7 Å². The number of nitrogen functional groups attached to an aromatic ring is 1. The van der Waals surface area contributed by atoms with Crippen LogP contribution in [0.1, 0.15) is 12.6 Å². The van der Waals surface area contributed by atoms with Crippen molar-refractivity contribution in [2.45, 2.75) is 18.8 Å². The Labute approximate surface area is 129 Å². The summed E-state index contributed by atoms with van der Waals surface area (Å²) in [5, 5.41) is 9.22. The van der Waals surface area contributed by atoms with E-state index in [0.717, 1.165) is 0 Å². The minimum Gasteiger partial charge on any atom is -0.391 e. The van der Waals surface area contributed by atoms with Crippen LogP contribution in [0.4, 0.5) is 5.82 Å². The first kappa shape index (κ1) is 13.3. The van der Waals surface area contributed by atoms with Gasteiger partial charge in [-0.15, -0.1) is 0 Å². The minimum absolute atomic E-state index is 0. The number of nitrogens with zero attached hydrogens (tertiary/aromatic N) is 2. The molecule has 0 saturated carbocycles. The van der Waals surface area contributed by atoms with Crippen molar-refractivity contribution in [1.29, 1.82) is 0 Å². The molecule has 0 amide bonds. The topological polar surface area (TPSA) is 90.4 Å². The number of aliphatic hydroxyl groups excluding tert-OH is 1. The van der Waals surface area contributed by atoms with Crippen LogP contribution in [-0.4, -0.2) is 78.8 Å². The Morgan fingerprint density at radius 1 is 1.67 bits per heavy atom. The van der Waals surface area contributed by atoms with E-state index in [0.29, 0.717) is 6.42 Å². The summed E-state index contributed by atoms with van der Waals surface area (Å²) in [6, 6.07) is 1.52. The molecule has 1 aromatic rings. The quantitative estimate of drug-likeness (QED) is 0.593. The van der Waals surface area contributed by atoms with Gasteiger partial charge in [-0.1, -0.05) is 0 Å². The molecule has 3 N–H and O–H groups in total. The van der Waals surface area contributed by atoms with Crippen molar-refractivity contribution in [2.75, 3.05) is 12.3 Å². The standard InChI is InChI=1S/C8H11N3O3.K/c9-6-1-2-11(8(13)10-6)7-3-5(12)4-14-7;/h1-2,5,7,12H,3-4H2,(H2,9,10,13);/t5-,7+;/m0./s1. The van der Waals surface area contributed by atoms with Crippen LogP contribution >= 0.6 is 0 Å². The largest absolute Gasteiger partial charge is 0.391 e. The normalized spacial score (nSPS) is 24.9.